The Morgan fingerprint density at radius 2 is 2.00 bits per heavy atom. The van der Waals surface area contributed by atoms with Gasteiger partial charge in [0.15, 0.2) is 5.79 Å². The second-order valence-corrected chi connectivity index (χ2v) is 5.29. The van der Waals surface area contributed by atoms with Crippen molar-refractivity contribution in [3.8, 4) is 0 Å². The molecule has 0 aliphatic carbocycles. The normalized spacial score (nSPS) is 20.8. The van der Waals surface area contributed by atoms with Crippen LogP contribution in [0.1, 0.15) is 18.4 Å². The molecule has 0 atom stereocenters. The fourth-order valence-corrected chi connectivity index (χ4v) is 2.70. The SMILES string of the molecule is C=C1CC2(CCN1C(=O)OCc1ccccc1)OCCO2. The van der Waals surface area contributed by atoms with Crippen LogP contribution in [0.5, 0.6) is 0 Å². The lowest BCUT2D eigenvalue weighted by atomic mass is 10.0. The Balaban J connectivity index is 1.55. The van der Waals surface area contributed by atoms with Gasteiger partial charge in [-0.25, -0.2) is 4.79 Å². The summed E-state index contributed by atoms with van der Waals surface area (Å²) in [6.07, 6.45) is 0.789. The van der Waals surface area contributed by atoms with E-state index in [-0.39, 0.29) is 12.7 Å². The van der Waals surface area contributed by atoms with Crippen LogP contribution >= 0.6 is 0 Å². The third-order valence-electron chi connectivity index (χ3n) is 3.81. The second-order valence-electron chi connectivity index (χ2n) is 5.29. The molecule has 1 aromatic rings. The van der Waals surface area contributed by atoms with Crippen LogP contribution in [-0.2, 0) is 20.8 Å². The number of rotatable bonds is 2. The van der Waals surface area contributed by atoms with Crippen molar-refractivity contribution in [2.24, 2.45) is 0 Å². The fourth-order valence-electron chi connectivity index (χ4n) is 2.70. The molecule has 112 valence electrons. The Kier molecular flexibility index (Phi) is 3.94. The van der Waals surface area contributed by atoms with Crippen LogP contribution in [0.3, 0.4) is 0 Å². The van der Waals surface area contributed by atoms with Gasteiger partial charge in [-0.15, -0.1) is 0 Å². The third kappa shape index (κ3) is 3.09. The minimum atomic E-state index is -0.576. The summed E-state index contributed by atoms with van der Waals surface area (Å²) >= 11 is 0. The maximum Gasteiger partial charge on any atom is 0.414 e. The van der Waals surface area contributed by atoms with Crippen LogP contribution in [0.2, 0.25) is 0 Å². The number of amides is 1. The zero-order valence-corrected chi connectivity index (χ0v) is 11.9. The first-order chi connectivity index (χ1) is 10.2. The number of carbonyl (C=O) groups is 1. The van der Waals surface area contributed by atoms with Gasteiger partial charge in [-0.05, 0) is 5.56 Å². The number of hydrogen-bond donors (Lipinski definition) is 0. The lowest BCUT2D eigenvalue weighted by molar-refractivity contribution is -0.173. The average molecular weight is 289 g/mol. The lowest BCUT2D eigenvalue weighted by Gasteiger charge is -2.38. The molecule has 2 aliphatic rings. The molecule has 1 amide bonds. The number of ether oxygens (including phenoxy) is 3. The Hall–Kier alpha value is -1.85. The molecule has 0 saturated carbocycles. The fraction of sp³-hybridized carbons (Fsp3) is 0.438. The smallest absolute Gasteiger partial charge is 0.414 e. The van der Waals surface area contributed by atoms with Crippen molar-refractivity contribution in [2.75, 3.05) is 19.8 Å². The zero-order chi connectivity index (χ0) is 14.7. The first-order valence-corrected chi connectivity index (χ1v) is 7.12. The number of hydrogen-bond acceptors (Lipinski definition) is 4. The van der Waals surface area contributed by atoms with Crippen molar-refractivity contribution in [2.45, 2.75) is 25.2 Å². The van der Waals surface area contributed by atoms with Crippen LogP contribution in [-0.4, -0.2) is 36.5 Å². The van der Waals surface area contributed by atoms with E-state index >= 15 is 0 Å². The van der Waals surface area contributed by atoms with Gasteiger partial charge in [-0.1, -0.05) is 36.9 Å². The summed E-state index contributed by atoms with van der Waals surface area (Å²) in [7, 11) is 0. The van der Waals surface area contributed by atoms with Gasteiger partial charge >= 0.3 is 6.09 Å². The lowest BCUT2D eigenvalue weighted by Crippen LogP contribution is -2.45. The van der Waals surface area contributed by atoms with Crippen molar-refractivity contribution in [3.05, 3.63) is 48.2 Å². The van der Waals surface area contributed by atoms with Crippen molar-refractivity contribution < 1.29 is 19.0 Å². The first kappa shape index (κ1) is 14.1. The van der Waals surface area contributed by atoms with Crippen LogP contribution in [0, 0.1) is 0 Å². The van der Waals surface area contributed by atoms with Gasteiger partial charge in [0.1, 0.15) is 6.61 Å². The summed E-state index contributed by atoms with van der Waals surface area (Å²) in [6, 6.07) is 9.61. The summed E-state index contributed by atoms with van der Waals surface area (Å²) in [5, 5.41) is 0. The third-order valence-corrected chi connectivity index (χ3v) is 3.81. The largest absolute Gasteiger partial charge is 0.444 e. The molecule has 21 heavy (non-hydrogen) atoms. The molecule has 1 aromatic carbocycles. The minimum Gasteiger partial charge on any atom is -0.444 e. The van der Waals surface area contributed by atoms with Gasteiger partial charge < -0.3 is 14.2 Å². The van der Waals surface area contributed by atoms with Crippen LogP contribution in [0.15, 0.2) is 42.6 Å². The monoisotopic (exact) mass is 289 g/mol. The highest BCUT2D eigenvalue weighted by Gasteiger charge is 2.43. The highest BCUT2D eigenvalue weighted by atomic mass is 16.7. The van der Waals surface area contributed by atoms with Crippen molar-refractivity contribution >= 4 is 6.09 Å². The van der Waals surface area contributed by atoms with E-state index in [0.717, 1.165) is 5.56 Å². The van der Waals surface area contributed by atoms with E-state index in [1.54, 1.807) is 4.90 Å². The summed E-state index contributed by atoms with van der Waals surface area (Å²) in [4.78, 5) is 13.7. The maximum absolute atomic E-state index is 12.1. The molecule has 2 heterocycles. The molecule has 0 radical (unpaired) electrons. The summed E-state index contributed by atoms with van der Waals surface area (Å²) in [6.45, 7) is 5.93. The minimum absolute atomic E-state index is 0.265. The molecule has 2 fully saturated rings. The van der Waals surface area contributed by atoms with Gasteiger partial charge in [0.2, 0.25) is 0 Å². The molecule has 0 N–H and O–H groups in total. The topological polar surface area (TPSA) is 48.0 Å². The van der Waals surface area contributed by atoms with E-state index in [1.165, 1.54) is 0 Å². The second kappa shape index (κ2) is 5.87. The molecule has 0 bridgehead atoms. The van der Waals surface area contributed by atoms with E-state index in [0.29, 0.717) is 38.3 Å². The molecular weight excluding hydrogens is 270 g/mol. The van der Waals surface area contributed by atoms with Crippen LogP contribution in [0.4, 0.5) is 4.79 Å². The van der Waals surface area contributed by atoms with E-state index in [1.807, 2.05) is 30.3 Å². The van der Waals surface area contributed by atoms with Crippen LogP contribution in [0.25, 0.3) is 0 Å². The van der Waals surface area contributed by atoms with Crippen molar-refractivity contribution in [3.63, 3.8) is 0 Å². The Morgan fingerprint density at radius 3 is 2.67 bits per heavy atom. The average Bonchev–Trinajstić information content (AvgIpc) is 2.94. The molecule has 0 aromatic heterocycles. The number of piperidine rings is 1. The van der Waals surface area contributed by atoms with Gasteiger partial charge in [0, 0.05) is 25.1 Å². The first-order valence-electron chi connectivity index (χ1n) is 7.12. The summed E-state index contributed by atoms with van der Waals surface area (Å²) < 4.78 is 16.6. The Morgan fingerprint density at radius 1 is 1.29 bits per heavy atom. The van der Waals surface area contributed by atoms with Crippen LogP contribution < -0.4 is 0 Å². The molecular formula is C16H19NO4. The van der Waals surface area contributed by atoms with Crippen molar-refractivity contribution in [1.29, 1.82) is 0 Å². The number of nitrogens with zero attached hydrogens (tertiary/aromatic N) is 1. The predicted octanol–water partition coefficient (Wildman–Crippen LogP) is 2.68. The summed E-state index contributed by atoms with van der Waals surface area (Å²) in [5.74, 6) is -0.576. The van der Waals surface area contributed by atoms with Gasteiger partial charge in [0.25, 0.3) is 0 Å². The zero-order valence-electron chi connectivity index (χ0n) is 11.9. The van der Waals surface area contributed by atoms with Gasteiger partial charge in [-0.3, -0.25) is 4.90 Å². The number of carbonyl (C=O) groups excluding carboxylic acids is 1. The molecule has 3 rings (SSSR count). The highest BCUT2D eigenvalue weighted by Crippen LogP contribution is 2.35. The van der Waals surface area contributed by atoms with Gasteiger partial charge in [0.05, 0.1) is 13.2 Å². The highest BCUT2D eigenvalue weighted by molar-refractivity contribution is 5.70. The van der Waals surface area contributed by atoms with E-state index < -0.39 is 5.79 Å². The molecule has 5 nitrogen and oxygen atoms in total. The standard InChI is InChI=1S/C16H19NO4/c1-13-11-16(20-9-10-21-16)7-8-17(13)15(18)19-12-14-5-3-2-4-6-14/h2-6H,1,7-12H2. The van der Waals surface area contributed by atoms with Crippen molar-refractivity contribution in [1.82, 2.24) is 4.90 Å². The molecule has 5 heteroatoms. The van der Waals surface area contributed by atoms with E-state index in [4.69, 9.17) is 14.2 Å². The van der Waals surface area contributed by atoms with E-state index in [2.05, 4.69) is 6.58 Å². The number of benzene rings is 1. The Labute approximate surface area is 124 Å². The molecule has 0 unspecified atom stereocenters. The quantitative estimate of drug-likeness (QED) is 0.840. The Bertz CT molecular complexity index is 522. The van der Waals surface area contributed by atoms with Gasteiger partial charge in [-0.2, -0.15) is 0 Å². The maximum atomic E-state index is 12.1. The molecule has 2 saturated heterocycles. The molecule has 1 spiro atoms. The number of likely N-dealkylation sites (tertiary alicyclic amines) is 1. The molecule has 2 aliphatic heterocycles. The van der Waals surface area contributed by atoms with E-state index in [9.17, 15) is 4.79 Å². The predicted molar refractivity (Wildman–Crippen MR) is 76.3 cm³/mol. The summed E-state index contributed by atoms with van der Waals surface area (Å²) in [5.41, 5.74) is 1.65.